The van der Waals surface area contributed by atoms with Crippen LogP contribution < -0.4 is 10.6 Å². The topological polar surface area (TPSA) is 175 Å². The van der Waals surface area contributed by atoms with Crippen LogP contribution in [0.3, 0.4) is 0 Å². The van der Waals surface area contributed by atoms with E-state index >= 15 is 0 Å². The van der Waals surface area contributed by atoms with Crippen molar-refractivity contribution in [3.63, 3.8) is 0 Å². The average Bonchev–Trinajstić information content (AvgIpc) is 4.13. The smallest absolute Gasteiger partial charge is 0.407 e. The number of nitrogens with one attached hydrogen (secondary N) is 4. The fourth-order valence-electron chi connectivity index (χ4n) is 9.62. The molecule has 3 fully saturated rings. The number of fused-ring (bicyclic) bond motifs is 3. The number of hydrogen-bond acceptors (Lipinski definition) is 8. The van der Waals surface area contributed by atoms with Gasteiger partial charge in [0.1, 0.15) is 23.7 Å². The van der Waals surface area contributed by atoms with Gasteiger partial charge in [0, 0.05) is 29.8 Å². The molecule has 2 saturated heterocycles. The lowest BCUT2D eigenvalue weighted by Gasteiger charge is -2.34. The molecule has 2 aliphatic carbocycles. The van der Waals surface area contributed by atoms with Gasteiger partial charge in [-0.05, 0) is 98.6 Å². The van der Waals surface area contributed by atoms with E-state index in [-0.39, 0.29) is 35.7 Å². The molecule has 4 amide bonds. The van der Waals surface area contributed by atoms with Crippen LogP contribution in [-0.2, 0) is 31.9 Å². The van der Waals surface area contributed by atoms with Gasteiger partial charge in [0.05, 0.1) is 49.6 Å². The molecular formula is C47H56N8O6. The lowest BCUT2D eigenvalue weighted by molar-refractivity contribution is -0.136. The van der Waals surface area contributed by atoms with E-state index in [0.717, 1.165) is 122 Å². The number of aromatic nitrogens is 4. The maximum atomic E-state index is 14.0. The molecule has 2 aliphatic heterocycles. The summed E-state index contributed by atoms with van der Waals surface area (Å²) in [5, 5.41) is 5.59. The quantitative estimate of drug-likeness (QED) is 0.131. The number of imidazole rings is 2. The maximum Gasteiger partial charge on any atom is 0.407 e. The number of carbonyl (C=O) groups excluding carboxylic acids is 4. The zero-order valence-electron chi connectivity index (χ0n) is 35.5. The van der Waals surface area contributed by atoms with Gasteiger partial charge in [-0.3, -0.25) is 9.59 Å². The van der Waals surface area contributed by atoms with Crippen LogP contribution in [0.2, 0.25) is 0 Å². The lowest BCUT2D eigenvalue weighted by Crippen LogP contribution is -2.52. The fraction of sp³-hybridized carbons (Fsp3) is 0.489. The third-order valence-electron chi connectivity index (χ3n) is 12.9. The van der Waals surface area contributed by atoms with Crippen molar-refractivity contribution in [1.29, 1.82) is 0 Å². The van der Waals surface area contributed by atoms with Gasteiger partial charge in [0.15, 0.2) is 0 Å². The van der Waals surface area contributed by atoms with Crippen molar-refractivity contribution in [1.82, 2.24) is 40.4 Å². The standard InChI is InChI=1S/C47H56N8O6/c1-28(2)39(52-46(58)60-3)44(56)55-25-9-13-38(55)43-49-35-23-21-33-26-30(18-22-34(33)41(35)51-43)15-14-29-16-19-31(20-17-29)36-27-48-42(50-36)37-12-8-24-54(37)45(57)40(53-47(59)61-4)32-10-6-5-7-11-32/h16-20,22,26-28,32,37-40H,5-13,21,23-25H2,1-4H3,(H,48,50)(H,49,51)(H,52,58)(H,53,59)/t37-,38-,39-,40-/m0/s1. The summed E-state index contributed by atoms with van der Waals surface area (Å²) in [6.07, 6.45) is 10.7. The number of ether oxygens (including phenoxy) is 2. The molecule has 0 bridgehead atoms. The molecule has 4 N–H and O–H groups in total. The number of rotatable bonds is 9. The van der Waals surface area contributed by atoms with Crippen LogP contribution in [0.4, 0.5) is 9.59 Å². The lowest BCUT2D eigenvalue weighted by atomic mass is 9.83. The van der Waals surface area contributed by atoms with Crippen molar-refractivity contribution in [2.45, 2.75) is 109 Å². The molecule has 14 heteroatoms. The number of hydrogen-bond donors (Lipinski definition) is 4. The van der Waals surface area contributed by atoms with Crippen LogP contribution in [0.25, 0.3) is 22.5 Å². The zero-order chi connectivity index (χ0) is 42.6. The second-order valence-corrected chi connectivity index (χ2v) is 17.1. The molecule has 0 unspecified atom stereocenters. The first kappa shape index (κ1) is 41.6. The average molecular weight is 829 g/mol. The van der Waals surface area contributed by atoms with Crippen LogP contribution in [0.15, 0.2) is 48.7 Å². The van der Waals surface area contributed by atoms with Gasteiger partial charge in [0.25, 0.3) is 0 Å². The fourth-order valence-corrected chi connectivity index (χ4v) is 9.62. The summed E-state index contributed by atoms with van der Waals surface area (Å²) >= 11 is 0. The summed E-state index contributed by atoms with van der Waals surface area (Å²) in [5.74, 6) is 8.02. The Balaban J connectivity index is 0.925. The summed E-state index contributed by atoms with van der Waals surface area (Å²) in [6.45, 7) is 5.06. The number of nitrogens with zero attached hydrogens (tertiary/aromatic N) is 4. The second-order valence-electron chi connectivity index (χ2n) is 17.1. The molecule has 2 aromatic carbocycles. The molecule has 4 heterocycles. The number of alkyl carbamates (subject to hydrolysis) is 2. The minimum absolute atomic E-state index is 0.0614. The number of amides is 4. The molecule has 0 spiro atoms. The van der Waals surface area contributed by atoms with Crippen molar-refractivity contribution in [3.05, 3.63) is 82.7 Å². The van der Waals surface area contributed by atoms with Crippen molar-refractivity contribution in [2.24, 2.45) is 11.8 Å². The minimum Gasteiger partial charge on any atom is -0.453 e. The molecule has 1 saturated carbocycles. The SMILES string of the molecule is COC(=O)N[C@H](C(=O)N1CCC[C@H]1c1nc2c([nH]1)-c1ccc(C#Cc3ccc(-c4cnc([C@@H]5CCCN5C(=O)[C@@H](NC(=O)OC)C5CCCCC5)[nH]4)cc3)cc1CC2)C(C)C. The highest BCUT2D eigenvalue weighted by Gasteiger charge is 2.41. The van der Waals surface area contributed by atoms with Gasteiger partial charge in [0.2, 0.25) is 11.8 Å². The second kappa shape index (κ2) is 18.3. The number of H-pyrrole nitrogens is 2. The summed E-state index contributed by atoms with van der Waals surface area (Å²) in [4.78, 5) is 72.5. The van der Waals surface area contributed by atoms with Crippen LogP contribution in [0.5, 0.6) is 0 Å². The highest BCUT2D eigenvalue weighted by molar-refractivity contribution is 5.87. The van der Waals surface area contributed by atoms with Crippen LogP contribution in [0.1, 0.15) is 118 Å². The van der Waals surface area contributed by atoms with E-state index in [1.54, 1.807) is 0 Å². The van der Waals surface area contributed by atoms with Crippen LogP contribution in [0, 0.1) is 23.7 Å². The molecular weight excluding hydrogens is 773 g/mol. The van der Waals surface area contributed by atoms with Gasteiger partial charge in [-0.1, -0.05) is 63.1 Å². The number of aromatic amines is 2. The Morgan fingerprint density at radius 3 is 2.11 bits per heavy atom. The summed E-state index contributed by atoms with van der Waals surface area (Å²) in [7, 11) is 2.63. The normalized spacial score (nSPS) is 19.6. The summed E-state index contributed by atoms with van der Waals surface area (Å²) in [6, 6.07) is 12.7. The first-order valence-electron chi connectivity index (χ1n) is 21.8. The highest BCUT2D eigenvalue weighted by atomic mass is 16.5. The summed E-state index contributed by atoms with van der Waals surface area (Å²) < 4.78 is 9.68. The Kier molecular flexibility index (Phi) is 12.5. The van der Waals surface area contributed by atoms with E-state index in [9.17, 15) is 19.2 Å². The van der Waals surface area contributed by atoms with E-state index in [4.69, 9.17) is 19.4 Å². The predicted molar refractivity (Wildman–Crippen MR) is 229 cm³/mol. The largest absolute Gasteiger partial charge is 0.453 e. The van der Waals surface area contributed by atoms with Crippen molar-refractivity contribution in [2.75, 3.05) is 27.3 Å². The molecule has 0 radical (unpaired) electrons. The molecule has 4 aromatic rings. The Morgan fingerprint density at radius 2 is 1.41 bits per heavy atom. The van der Waals surface area contributed by atoms with E-state index in [0.29, 0.717) is 13.1 Å². The molecule has 8 rings (SSSR count). The Bertz CT molecular complexity index is 2320. The van der Waals surface area contributed by atoms with Crippen molar-refractivity contribution >= 4 is 24.0 Å². The first-order valence-corrected chi connectivity index (χ1v) is 21.8. The van der Waals surface area contributed by atoms with Gasteiger partial charge >= 0.3 is 12.2 Å². The molecule has 4 aliphatic rings. The number of benzene rings is 2. The molecule has 61 heavy (non-hydrogen) atoms. The first-order chi connectivity index (χ1) is 29.6. The third-order valence-corrected chi connectivity index (χ3v) is 12.9. The highest BCUT2D eigenvalue weighted by Crippen LogP contribution is 2.38. The number of carbonyl (C=O) groups is 4. The van der Waals surface area contributed by atoms with Crippen molar-refractivity contribution in [3.8, 4) is 34.4 Å². The zero-order valence-corrected chi connectivity index (χ0v) is 35.5. The van der Waals surface area contributed by atoms with Crippen LogP contribution in [-0.4, -0.2) is 93.1 Å². The molecule has 4 atom stereocenters. The Hall–Kier alpha value is -6.10. The monoisotopic (exact) mass is 828 g/mol. The van der Waals surface area contributed by atoms with Crippen LogP contribution >= 0.6 is 0 Å². The maximum absolute atomic E-state index is 14.0. The molecule has 14 nitrogen and oxygen atoms in total. The third kappa shape index (κ3) is 8.88. The number of likely N-dealkylation sites (tertiary alicyclic amines) is 2. The molecule has 2 aromatic heterocycles. The van der Waals surface area contributed by atoms with Gasteiger partial charge < -0.3 is 39.9 Å². The van der Waals surface area contributed by atoms with Gasteiger partial charge in [-0.2, -0.15) is 0 Å². The molecule has 320 valence electrons. The Morgan fingerprint density at radius 1 is 0.754 bits per heavy atom. The van der Waals surface area contributed by atoms with Gasteiger partial charge in [-0.15, -0.1) is 0 Å². The Labute approximate surface area is 357 Å². The number of aryl methyl sites for hydroxylation is 2. The van der Waals surface area contributed by atoms with Crippen molar-refractivity contribution < 1.29 is 28.7 Å². The van der Waals surface area contributed by atoms with Gasteiger partial charge in [-0.25, -0.2) is 19.6 Å². The van der Waals surface area contributed by atoms with E-state index in [1.165, 1.54) is 19.8 Å². The van der Waals surface area contributed by atoms with E-state index in [2.05, 4.69) is 44.6 Å². The minimum atomic E-state index is -0.683. The predicted octanol–water partition coefficient (Wildman–Crippen LogP) is 6.98. The van der Waals surface area contributed by atoms with E-state index in [1.807, 2.05) is 60.2 Å². The summed E-state index contributed by atoms with van der Waals surface area (Å²) in [5.41, 5.74) is 7.95. The van der Waals surface area contributed by atoms with E-state index < -0.39 is 24.3 Å². The number of methoxy groups -OCH3 is 2.